The highest BCUT2D eigenvalue weighted by Crippen LogP contribution is 2.50. The fourth-order valence-corrected chi connectivity index (χ4v) is 11.8. The van der Waals surface area contributed by atoms with Crippen LogP contribution in [0.4, 0.5) is 10.1 Å². The van der Waals surface area contributed by atoms with E-state index in [0.29, 0.717) is 60.3 Å². The van der Waals surface area contributed by atoms with Gasteiger partial charge in [0.2, 0.25) is 11.8 Å². The summed E-state index contributed by atoms with van der Waals surface area (Å²) in [5, 5.41) is 9.61. The van der Waals surface area contributed by atoms with Gasteiger partial charge in [0.15, 0.2) is 0 Å². The van der Waals surface area contributed by atoms with Crippen molar-refractivity contribution in [3.63, 3.8) is 0 Å². The number of carbonyl (C=O) groups excluding carboxylic acids is 4. The van der Waals surface area contributed by atoms with Crippen LogP contribution in [0.15, 0.2) is 79.1 Å². The number of carbonyl (C=O) groups is 4. The van der Waals surface area contributed by atoms with Gasteiger partial charge >= 0.3 is 13.5 Å². The molecular formula is C43H50FN6O7PS. The maximum Gasteiger partial charge on any atom is 0.323 e. The van der Waals surface area contributed by atoms with Crippen molar-refractivity contribution in [3.05, 3.63) is 89.6 Å². The van der Waals surface area contributed by atoms with Gasteiger partial charge in [0.1, 0.15) is 30.0 Å². The molecule has 0 bridgehead atoms. The third-order valence-corrected chi connectivity index (χ3v) is 15.0. The van der Waals surface area contributed by atoms with Crippen molar-refractivity contribution in [1.29, 1.82) is 0 Å². The van der Waals surface area contributed by atoms with Crippen LogP contribution >= 0.6 is 18.9 Å². The number of anilines is 1. The average molecular weight is 845 g/mol. The Labute approximate surface area is 346 Å². The van der Waals surface area contributed by atoms with Crippen molar-refractivity contribution in [2.24, 2.45) is 11.8 Å². The molecule has 2 aromatic heterocycles. The zero-order valence-electron chi connectivity index (χ0n) is 33.1. The summed E-state index contributed by atoms with van der Waals surface area (Å²) < 4.78 is 41.7. The minimum Gasteiger partial charge on any atom is -0.465 e. The summed E-state index contributed by atoms with van der Waals surface area (Å²) in [6, 6.07) is 16.4. The van der Waals surface area contributed by atoms with Crippen LogP contribution in [0.1, 0.15) is 67.6 Å². The Bertz CT molecular complexity index is 2230. The number of ether oxygens (including phenoxy) is 1. The predicted octanol–water partition coefficient (Wildman–Crippen LogP) is 6.23. The van der Waals surface area contributed by atoms with E-state index in [4.69, 9.17) is 9.26 Å². The van der Waals surface area contributed by atoms with Gasteiger partial charge in [-0.25, -0.2) is 9.48 Å². The number of thiophene rings is 1. The molecule has 3 saturated heterocycles. The fourth-order valence-electron chi connectivity index (χ4n) is 8.78. The minimum atomic E-state index is -3.71. The number of pyridine rings is 1. The van der Waals surface area contributed by atoms with Gasteiger partial charge in [-0.2, -0.15) is 0 Å². The lowest BCUT2D eigenvalue weighted by atomic mass is 9.99. The molecule has 0 radical (unpaired) electrons. The number of amides is 3. The molecule has 13 nitrogen and oxygen atoms in total. The molecule has 8 rings (SSSR count). The zero-order valence-corrected chi connectivity index (χ0v) is 34.8. The van der Waals surface area contributed by atoms with Gasteiger partial charge in [-0.05, 0) is 111 Å². The van der Waals surface area contributed by atoms with Crippen molar-refractivity contribution in [2.45, 2.75) is 94.9 Å². The number of para-hydroxylation sites is 1. The SMILES string of the molecule is CCCOC(=O)[C@H](C)NP(=O)(Cc1ccc2sc(C(=O)N[C@H]3C[C@H]4C[C@H]4C[C@H]4CC[C@@H](C(=O)N[C@H]5CN(c6cccnc6)C[C@@H]5F)N4C3=O)cc2c1)Oc1ccccc1. The fraction of sp³-hybridized carbons (Fsp3) is 0.465. The standard InChI is InChI=1S/C43H50FN6O7PS/c1-3-16-56-43(54)26(2)48-58(55,57-33-9-5-4-6-10-33)25-27-11-14-38-30(17-27)21-39(59-38)41(52)46-35-20-29-18-28(29)19-31-12-13-37(50(31)42(35)53)40(51)47-36-24-49(23-34(36)44)32-8-7-15-45-22-32/h4-11,14-15,17,21-22,26,28-29,31,34-37H,3,12-13,16,18-20,23-25H2,1-2H3,(H,46,52)(H,47,51)(H,48,55)/t26-,28-,29+,31+,34-,35-,36-,37-,58?/m0/s1. The Balaban J connectivity index is 0.953. The normalized spacial score (nSPS) is 26.5. The van der Waals surface area contributed by atoms with E-state index < -0.39 is 43.8 Å². The molecular weight excluding hydrogens is 795 g/mol. The number of rotatable bonds is 14. The molecule has 3 N–H and O–H groups in total. The summed E-state index contributed by atoms with van der Waals surface area (Å²) in [5.74, 6) is -0.409. The first-order chi connectivity index (χ1) is 28.5. The highest BCUT2D eigenvalue weighted by Gasteiger charge is 2.52. The second kappa shape index (κ2) is 17.4. The van der Waals surface area contributed by atoms with Crippen LogP contribution < -0.4 is 25.1 Å². The Hall–Kier alpha value is -4.85. The Morgan fingerprint density at radius 1 is 1.00 bits per heavy atom. The zero-order chi connectivity index (χ0) is 41.3. The molecule has 1 unspecified atom stereocenters. The number of halogens is 1. The number of hydrogen-bond acceptors (Lipinski definition) is 10. The Morgan fingerprint density at radius 3 is 2.59 bits per heavy atom. The van der Waals surface area contributed by atoms with Crippen LogP contribution in [0.25, 0.3) is 10.1 Å². The third kappa shape index (κ3) is 9.32. The minimum absolute atomic E-state index is 0.0407. The van der Waals surface area contributed by atoms with Gasteiger partial charge in [-0.3, -0.25) is 28.7 Å². The number of fused-ring (bicyclic) bond motifs is 3. The summed E-state index contributed by atoms with van der Waals surface area (Å²) >= 11 is 1.29. The maximum atomic E-state index is 15.2. The van der Waals surface area contributed by atoms with E-state index in [9.17, 15) is 23.7 Å². The maximum absolute atomic E-state index is 15.2. The highest BCUT2D eigenvalue weighted by molar-refractivity contribution is 7.56. The van der Waals surface area contributed by atoms with Gasteiger partial charge < -0.3 is 29.7 Å². The van der Waals surface area contributed by atoms with Crippen LogP contribution in [-0.4, -0.2) is 89.7 Å². The van der Waals surface area contributed by atoms with Crippen LogP contribution in [0.3, 0.4) is 0 Å². The van der Waals surface area contributed by atoms with E-state index >= 15 is 4.39 Å². The molecule has 4 aliphatic rings. The summed E-state index contributed by atoms with van der Waals surface area (Å²) in [4.78, 5) is 62.8. The largest absolute Gasteiger partial charge is 0.465 e. The smallest absolute Gasteiger partial charge is 0.323 e. The van der Waals surface area contributed by atoms with E-state index in [-0.39, 0.29) is 43.1 Å². The highest BCUT2D eigenvalue weighted by atomic mass is 32.1. The Morgan fingerprint density at radius 2 is 1.81 bits per heavy atom. The molecule has 4 aromatic rings. The second-order valence-corrected chi connectivity index (χ2v) is 19.4. The molecule has 16 heteroatoms. The van der Waals surface area contributed by atoms with Gasteiger partial charge in [0.25, 0.3) is 5.91 Å². The summed E-state index contributed by atoms with van der Waals surface area (Å²) in [6.45, 7) is 4.17. The van der Waals surface area contributed by atoms with Crippen LogP contribution in [0.5, 0.6) is 5.75 Å². The molecule has 0 spiro atoms. The second-order valence-electron chi connectivity index (χ2n) is 16.2. The first-order valence-corrected chi connectivity index (χ1v) is 23.1. The van der Waals surface area contributed by atoms with Crippen LogP contribution in [-0.2, 0) is 29.8 Å². The molecule has 312 valence electrons. The quantitative estimate of drug-likeness (QED) is 0.0982. The topological polar surface area (TPSA) is 159 Å². The van der Waals surface area contributed by atoms with Gasteiger partial charge in [-0.15, -0.1) is 11.3 Å². The number of aromatic nitrogens is 1. The molecule has 3 amide bonds. The van der Waals surface area contributed by atoms with Gasteiger partial charge in [0.05, 0.1) is 42.1 Å². The van der Waals surface area contributed by atoms with Crippen molar-refractivity contribution in [2.75, 3.05) is 24.6 Å². The molecule has 59 heavy (non-hydrogen) atoms. The molecule has 3 aliphatic heterocycles. The lowest BCUT2D eigenvalue weighted by molar-refractivity contribution is -0.145. The molecule has 9 atom stereocenters. The Kier molecular flexibility index (Phi) is 12.1. The average Bonchev–Trinajstić information content (AvgIpc) is 3.49. The summed E-state index contributed by atoms with van der Waals surface area (Å²) in [5.41, 5.74) is 1.46. The van der Waals surface area contributed by atoms with E-state index in [0.717, 1.165) is 28.6 Å². The van der Waals surface area contributed by atoms with E-state index in [1.807, 2.05) is 42.2 Å². The van der Waals surface area contributed by atoms with Gasteiger partial charge in [-0.1, -0.05) is 31.2 Å². The van der Waals surface area contributed by atoms with Crippen molar-refractivity contribution < 1.29 is 37.4 Å². The van der Waals surface area contributed by atoms with Crippen LogP contribution in [0, 0.1) is 11.8 Å². The number of esters is 1. The summed E-state index contributed by atoms with van der Waals surface area (Å²) in [7, 11) is -3.71. The number of nitrogens with one attached hydrogen (secondary N) is 3. The van der Waals surface area contributed by atoms with Crippen molar-refractivity contribution >= 4 is 58.3 Å². The van der Waals surface area contributed by atoms with Gasteiger partial charge in [0, 0.05) is 23.5 Å². The van der Waals surface area contributed by atoms with E-state index in [1.165, 1.54) is 11.3 Å². The van der Waals surface area contributed by atoms with Crippen LogP contribution in [0.2, 0.25) is 0 Å². The summed E-state index contributed by atoms with van der Waals surface area (Å²) in [6.07, 6.45) is 6.13. The molecule has 1 aliphatic carbocycles. The molecule has 5 heterocycles. The molecule has 1 saturated carbocycles. The number of hydrogen-bond donors (Lipinski definition) is 3. The number of alkyl halides is 1. The lowest BCUT2D eigenvalue weighted by Gasteiger charge is -2.35. The first kappa shape index (κ1) is 40.9. The molecule has 2 aromatic carbocycles. The first-order valence-electron chi connectivity index (χ1n) is 20.5. The lowest BCUT2D eigenvalue weighted by Crippen LogP contribution is -2.58. The number of nitrogens with zero attached hydrogens (tertiary/aromatic N) is 3. The third-order valence-electron chi connectivity index (χ3n) is 11.8. The monoisotopic (exact) mass is 844 g/mol. The number of benzene rings is 2. The van der Waals surface area contributed by atoms with E-state index in [2.05, 4.69) is 20.7 Å². The molecule has 4 fully saturated rings. The van der Waals surface area contributed by atoms with Crippen molar-refractivity contribution in [3.8, 4) is 5.75 Å². The predicted molar refractivity (Wildman–Crippen MR) is 223 cm³/mol. The van der Waals surface area contributed by atoms with E-state index in [1.54, 1.807) is 60.6 Å². The van der Waals surface area contributed by atoms with Crippen molar-refractivity contribution in [1.82, 2.24) is 25.6 Å².